The van der Waals surface area contributed by atoms with E-state index < -0.39 is 0 Å². The van der Waals surface area contributed by atoms with Crippen LogP contribution in [-0.4, -0.2) is 31.4 Å². The number of carbonyl (C=O) groups is 1. The highest BCUT2D eigenvalue weighted by Gasteiger charge is 2.20. The molecule has 0 aliphatic carbocycles. The summed E-state index contributed by atoms with van der Waals surface area (Å²) >= 11 is 8.94. The number of rotatable bonds is 8. The van der Waals surface area contributed by atoms with Gasteiger partial charge in [0.15, 0.2) is 22.2 Å². The third kappa shape index (κ3) is 5.03. The molecule has 3 rings (SSSR count). The van der Waals surface area contributed by atoms with E-state index in [1.807, 2.05) is 43.5 Å². The summed E-state index contributed by atoms with van der Waals surface area (Å²) in [5.74, 6) is 1.36. The smallest absolute Gasteiger partial charge is 0.236 e. The van der Waals surface area contributed by atoms with Gasteiger partial charge in [-0.05, 0) is 32.9 Å². The summed E-state index contributed by atoms with van der Waals surface area (Å²) in [7, 11) is 0. The van der Waals surface area contributed by atoms with Crippen molar-refractivity contribution in [1.29, 1.82) is 0 Å². The number of amides is 1. The van der Waals surface area contributed by atoms with Crippen LogP contribution in [0.3, 0.4) is 0 Å². The molecular formula is C18H20ClN5O2S2. The number of halogens is 1. The molecule has 1 N–H and O–H groups in total. The predicted molar refractivity (Wildman–Crippen MR) is 112 cm³/mol. The lowest BCUT2D eigenvalue weighted by Gasteiger charge is -2.16. The SMILES string of the molecule is CCn1c(SCC(=O)Nc2ncc(C)s2)nnc1[C@H](C)Oc1ccccc1Cl. The lowest BCUT2D eigenvalue weighted by Crippen LogP contribution is -2.15. The van der Waals surface area contributed by atoms with Gasteiger partial charge in [0.2, 0.25) is 5.91 Å². The van der Waals surface area contributed by atoms with Crippen molar-refractivity contribution in [3.8, 4) is 5.75 Å². The third-order valence-electron chi connectivity index (χ3n) is 3.77. The average molecular weight is 438 g/mol. The summed E-state index contributed by atoms with van der Waals surface area (Å²) in [4.78, 5) is 17.3. The Morgan fingerprint density at radius 2 is 2.18 bits per heavy atom. The Morgan fingerprint density at radius 1 is 1.39 bits per heavy atom. The van der Waals surface area contributed by atoms with E-state index >= 15 is 0 Å². The van der Waals surface area contributed by atoms with Crippen LogP contribution in [0.25, 0.3) is 0 Å². The van der Waals surface area contributed by atoms with Crippen molar-refractivity contribution in [3.63, 3.8) is 0 Å². The van der Waals surface area contributed by atoms with Crippen LogP contribution >= 0.6 is 34.7 Å². The molecule has 0 saturated heterocycles. The largest absolute Gasteiger partial charge is 0.481 e. The molecule has 0 unspecified atom stereocenters. The minimum Gasteiger partial charge on any atom is -0.481 e. The zero-order valence-corrected chi connectivity index (χ0v) is 18.1. The Bertz CT molecular complexity index is 959. The first-order chi connectivity index (χ1) is 13.5. The third-order valence-corrected chi connectivity index (χ3v) is 5.87. The topological polar surface area (TPSA) is 81.9 Å². The van der Waals surface area contributed by atoms with E-state index in [1.165, 1.54) is 23.1 Å². The number of hydrogen-bond acceptors (Lipinski definition) is 7. The number of nitrogens with one attached hydrogen (secondary N) is 1. The summed E-state index contributed by atoms with van der Waals surface area (Å²) < 4.78 is 7.88. The van der Waals surface area contributed by atoms with Crippen molar-refractivity contribution in [2.75, 3.05) is 11.1 Å². The molecule has 1 aromatic carbocycles. The number of hydrogen-bond donors (Lipinski definition) is 1. The van der Waals surface area contributed by atoms with Crippen LogP contribution < -0.4 is 10.1 Å². The molecule has 10 heteroatoms. The molecule has 7 nitrogen and oxygen atoms in total. The fourth-order valence-corrected chi connectivity index (χ4v) is 4.16. The van der Waals surface area contributed by atoms with Crippen molar-refractivity contribution >= 4 is 45.7 Å². The lowest BCUT2D eigenvalue weighted by atomic mass is 10.3. The zero-order chi connectivity index (χ0) is 20.1. The molecule has 148 valence electrons. The highest BCUT2D eigenvalue weighted by molar-refractivity contribution is 7.99. The van der Waals surface area contributed by atoms with E-state index in [9.17, 15) is 4.79 Å². The molecule has 0 radical (unpaired) electrons. The molecule has 1 atom stereocenters. The van der Waals surface area contributed by atoms with Gasteiger partial charge in [-0.15, -0.1) is 21.5 Å². The normalized spacial score (nSPS) is 12.0. The van der Waals surface area contributed by atoms with Gasteiger partial charge in [0, 0.05) is 17.6 Å². The summed E-state index contributed by atoms with van der Waals surface area (Å²) in [6.45, 7) is 6.50. The number of thioether (sulfide) groups is 1. The maximum absolute atomic E-state index is 12.2. The van der Waals surface area contributed by atoms with Gasteiger partial charge in [-0.25, -0.2) is 4.98 Å². The average Bonchev–Trinajstić information content (AvgIpc) is 3.27. The number of thiazole rings is 1. The van der Waals surface area contributed by atoms with Gasteiger partial charge < -0.3 is 14.6 Å². The minimum absolute atomic E-state index is 0.132. The molecule has 3 aromatic rings. The summed E-state index contributed by atoms with van der Waals surface area (Å²) in [6, 6.07) is 7.30. The monoisotopic (exact) mass is 437 g/mol. The first-order valence-corrected chi connectivity index (χ1v) is 10.8. The Balaban J connectivity index is 1.64. The van der Waals surface area contributed by atoms with Crippen LogP contribution in [0.5, 0.6) is 5.75 Å². The molecule has 0 saturated carbocycles. The van der Waals surface area contributed by atoms with Crippen molar-refractivity contribution in [3.05, 3.63) is 46.2 Å². The summed E-state index contributed by atoms with van der Waals surface area (Å²) in [5, 5.41) is 13.1. The number of ether oxygens (including phenoxy) is 1. The summed E-state index contributed by atoms with van der Waals surface area (Å²) in [6.07, 6.45) is 1.39. The molecule has 2 heterocycles. The van der Waals surface area contributed by atoms with E-state index in [4.69, 9.17) is 16.3 Å². The van der Waals surface area contributed by atoms with Gasteiger partial charge in [0.25, 0.3) is 0 Å². The number of para-hydroxylation sites is 1. The Morgan fingerprint density at radius 3 is 2.86 bits per heavy atom. The maximum Gasteiger partial charge on any atom is 0.236 e. The van der Waals surface area contributed by atoms with Gasteiger partial charge >= 0.3 is 0 Å². The van der Waals surface area contributed by atoms with E-state index in [-0.39, 0.29) is 17.8 Å². The van der Waals surface area contributed by atoms with Crippen LogP contribution in [0.15, 0.2) is 35.6 Å². The van der Waals surface area contributed by atoms with Gasteiger partial charge in [0.05, 0.1) is 10.8 Å². The number of anilines is 1. The first kappa shape index (κ1) is 20.6. The second-order valence-corrected chi connectivity index (χ2v) is 8.47. The van der Waals surface area contributed by atoms with E-state index in [2.05, 4.69) is 20.5 Å². The van der Waals surface area contributed by atoms with Crippen molar-refractivity contribution < 1.29 is 9.53 Å². The van der Waals surface area contributed by atoms with Crippen LogP contribution in [0.2, 0.25) is 5.02 Å². The van der Waals surface area contributed by atoms with Crippen molar-refractivity contribution in [2.45, 2.75) is 38.6 Å². The minimum atomic E-state index is -0.339. The second kappa shape index (κ2) is 9.40. The molecule has 2 aromatic heterocycles. The number of benzene rings is 1. The highest BCUT2D eigenvalue weighted by Crippen LogP contribution is 2.29. The molecule has 0 aliphatic rings. The standard InChI is InChI=1S/C18H20ClN5O2S2/c1-4-24-16(12(3)26-14-8-6-5-7-13(14)19)22-23-18(24)27-10-15(25)21-17-20-9-11(2)28-17/h5-9,12H,4,10H2,1-3H3,(H,20,21,25)/t12-/m0/s1. The van der Waals surface area contributed by atoms with Crippen LogP contribution in [-0.2, 0) is 11.3 Å². The van der Waals surface area contributed by atoms with E-state index in [0.717, 1.165) is 4.88 Å². The number of carbonyl (C=O) groups excluding carboxylic acids is 1. The van der Waals surface area contributed by atoms with Crippen LogP contribution in [0, 0.1) is 6.92 Å². The molecular weight excluding hydrogens is 418 g/mol. The Kier molecular flexibility index (Phi) is 6.93. The molecule has 1 amide bonds. The fourth-order valence-electron chi connectivity index (χ4n) is 2.49. The van der Waals surface area contributed by atoms with E-state index in [0.29, 0.717) is 33.4 Å². The van der Waals surface area contributed by atoms with Gasteiger partial charge in [-0.3, -0.25) is 4.79 Å². The number of aryl methyl sites for hydroxylation is 1. The zero-order valence-electron chi connectivity index (χ0n) is 15.7. The van der Waals surface area contributed by atoms with Gasteiger partial charge in [0.1, 0.15) is 5.75 Å². The summed E-state index contributed by atoms with van der Waals surface area (Å²) in [5.41, 5.74) is 0. The maximum atomic E-state index is 12.2. The Labute approximate surface area is 176 Å². The molecule has 0 spiro atoms. The lowest BCUT2D eigenvalue weighted by molar-refractivity contribution is -0.113. The molecule has 0 bridgehead atoms. The van der Waals surface area contributed by atoms with Gasteiger partial charge in [-0.2, -0.15) is 0 Å². The van der Waals surface area contributed by atoms with Crippen LogP contribution in [0.4, 0.5) is 5.13 Å². The quantitative estimate of drug-likeness (QED) is 0.519. The molecule has 0 aliphatic heterocycles. The van der Waals surface area contributed by atoms with Crippen molar-refractivity contribution in [2.24, 2.45) is 0 Å². The van der Waals surface area contributed by atoms with Gasteiger partial charge in [-0.1, -0.05) is 35.5 Å². The Hall–Kier alpha value is -2.10. The van der Waals surface area contributed by atoms with E-state index in [1.54, 1.807) is 12.3 Å². The highest BCUT2D eigenvalue weighted by atomic mass is 35.5. The number of aromatic nitrogens is 4. The van der Waals surface area contributed by atoms with Crippen molar-refractivity contribution in [1.82, 2.24) is 19.7 Å². The predicted octanol–water partition coefficient (Wildman–Crippen LogP) is 4.59. The molecule has 28 heavy (non-hydrogen) atoms. The second-order valence-electron chi connectivity index (χ2n) is 5.89. The first-order valence-electron chi connectivity index (χ1n) is 8.67. The number of nitrogens with zero attached hydrogens (tertiary/aromatic N) is 4. The van der Waals surface area contributed by atoms with Crippen LogP contribution in [0.1, 0.15) is 30.7 Å². The fraction of sp³-hybridized carbons (Fsp3) is 0.333. The molecule has 0 fully saturated rings.